The molecule has 4 nitrogen and oxygen atoms in total. The van der Waals surface area contributed by atoms with E-state index in [0.29, 0.717) is 0 Å². The number of methoxy groups -OCH3 is 1. The molecule has 0 radical (unpaired) electrons. The van der Waals surface area contributed by atoms with Crippen LogP contribution in [0.5, 0.6) is 5.75 Å². The molecule has 1 aromatic heterocycles. The predicted octanol–water partition coefficient (Wildman–Crippen LogP) is 2.41. The van der Waals surface area contributed by atoms with Gasteiger partial charge in [0.25, 0.3) is 0 Å². The number of nitrogens with zero attached hydrogens (tertiary/aromatic N) is 3. The number of aryl methyl sites for hydroxylation is 3. The number of hydrogen-bond donors (Lipinski definition) is 0. The van der Waals surface area contributed by atoms with Crippen molar-refractivity contribution in [1.82, 2.24) is 14.8 Å². The summed E-state index contributed by atoms with van der Waals surface area (Å²) in [5, 5.41) is 8.62. The van der Waals surface area contributed by atoms with Crippen LogP contribution in [0.15, 0.2) is 24.3 Å². The van der Waals surface area contributed by atoms with E-state index in [1.165, 1.54) is 18.4 Å². The Labute approximate surface area is 113 Å². The third-order valence-electron chi connectivity index (χ3n) is 3.73. The van der Waals surface area contributed by atoms with Gasteiger partial charge in [0.05, 0.1) is 7.11 Å². The van der Waals surface area contributed by atoms with E-state index in [0.717, 1.165) is 43.2 Å². The molecule has 1 aliphatic heterocycles. The summed E-state index contributed by atoms with van der Waals surface area (Å²) in [4.78, 5) is 0. The molecule has 0 unspecified atom stereocenters. The van der Waals surface area contributed by atoms with Gasteiger partial charge >= 0.3 is 0 Å². The lowest BCUT2D eigenvalue weighted by atomic mass is 10.1. The SMILES string of the molecule is COc1ccc(CCc2nnc3n2CCCC3)cc1. The summed E-state index contributed by atoms with van der Waals surface area (Å²) in [7, 11) is 1.69. The molecule has 2 aromatic rings. The maximum Gasteiger partial charge on any atom is 0.133 e. The zero-order valence-electron chi connectivity index (χ0n) is 11.3. The molecule has 1 aliphatic rings. The minimum absolute atomic E-state index is 0.906. The molecule has 4 heteroatoms. The fraction of sp³-hybridized carbons (Fsp3) is 0.467. The van der Waals surface area contributed by atoms with Crippen LogP contribution in [0.25, 0.3) is 0 Å². The van der Waals surface area contributed by atoms with Crippen molar-refractivity contribution in [2.75, 3.05) is 7.11 Å². The zero-order chi connectivity index (χ0) is 13.1. The number of hydrogen-bond acceptors (Lipinski definition) is 3. The fourth-order valence-electron chi connectivity index (χ4n) is 2.60. The van der Waals surface area contributed by atoms with Gasteiger partial charge in [0, 0.05) is 19.4 Å². The topological polar surface area (TPSA) is 39.9 Å². The number of ether oxygens (including phenoxy) is 1. The van der Waals surface area contributed by atoms with Crippen molar-refractivity contribution in [3.05, 3.63) is 41.5 Å². The van der Waals surface area contributed by atoms with Crippen LogP contribution in [0.3, 0.4) is 0 Å². The van der Waals surface area contributed by atoms with E-state index in [4.69, 9.17) is 4.74 Å². The van der Waals surface area contributed by atoms with Crippen molar-refractivity contribution < 1.29 is 4.74 Å². The maximum absolute atomic E-state index is 5.17. The lowest BCUT2D eigenvalue weighted by Crippen LogP contribution is -2.13. The molecular weight excluding hydrogens is 238 g/mol. The Balaban J connectivity index is 1.66. The Kier molecular flexibility index (Phi) is 3.49. The molecule has 2 heterocycles. The van der Waals surface area contributed by atoms with E-state index in [-0.39, 0.29) is 0 Å². The van der Waals surface area contributed by atoms with Gasteiger partial charge in [-0.2, -0.15) is 0 Å². The lowest BCUT2D eigenvalue weighted by molar-refractivity contribution is 0.414. The van der Waals surface area contributed by atoms with Crippen molar-refractivity contribution in [2.24, 2.45) is 0 Å². The van der Waals surface area contributed by atoms with E-state index in [2.05, 4.69) is 26.9 Å². The summed E-state index contributed by atoms with van der Waals surface area (Å²) in [5.41, 5.74) is 1.31. The summed E-state index contributed by atoms with van der Waals surface area (Å²) in [6.45, 7) is 1.08. The van der Waals surface area contributed by atoms with Crippen LogP contribution in [0.4, 0.5) is 0 Å². The summed E-state index contributed by atoms with van der Waals surface area (Å²) in [5.74, 6) is 3.20. The summed E-state index contributed by atoms with van der Waals surface area (Å²) in [6.07, 6.45) is 5.54. The van der Waals surface area contributed by atoms with Crippen LogP contribution in [-0.2, 0) is 25.8 Å². The molecule has 0 atom stereocenters. The number of benzene rings is 1. The lowest BCUT2D eigenvalue weighted by Gasteiger charge is -2.14. The molecule has 0 bridgehead atoms. The second kappa shape index (κ2) is 5.43. The molecule has 0 fully saturated rings. The second-order valence-corrected chi connectivity index (χ2v) is 4.99. The fourth-order valence-corrected chi connectivity index (χ4v) is 2.60. The highest BCUT2D eigenvalue weighted by atomic mass is 16.5. The third kappa shape index (κ3) is 2.62. The Morgan fingerprint density at radius 3 is 2.74 bits per heavy atom. The monoisotopic (exact) mass is 257 g/mol. The van der Waals surface area contributed by atoms with E-state index >= 15 is 0 Å². The molecule has 0 saturated carbocycles. The number of fused-ring (bicyclic) bond motifs is 1. The van der Waals surface area contributed by atoms with Gasteiger partial charge in [0.15, 0.2) is 0 Å². The second-order valence-electron chi connectivity index (χ2n) is 4.99. The van der Waals surface area contributed by atoms with Gasteiger partial charge in [0.1, 0.15) is 17.4 Å². The molecule has 0 spiro atoms. The Hall–Kier alpha value is -1.84. The summed E-state index contributed by atoms with van der Waals surface area (Å²) >= 11 is 0. The van der Waals surface area contributed by atoms with Crippen LogP contribution in [0, 0.1) is 0 Å². The van der Waals surface area contributed by atoms with Gasteiger partial charge in [-0.25, -0.2) is 0 Å². The summed E-state index contributed by atoms with van der Waals surface area (Å²) in [6, 6.07) is 8.25. The molecule has 0 saturated heterocycles. The Morgan fingerprint density at radius 2 is 1.95 bits per heavy atom. The molecule has 19 heavy (non-hydrogen) atoms. The minimum Gasteiger partial charge on any atom is -0.497 e. The average Bonchev–Trinajstić information content (AvgIpc) is 2.89. The normalized spacial score (nSPS) is 14.2. The summed E-state index contributed by atoms with van der Waals surface area (Å²) < 4.78 is 7.47. The van der Waals surface area contributed by atoms with Crippen LogP contribution >= 0.6 is 0 Å². The molecule has 0 N–H and O–H groups in total. The van der Waals surface area contributed by atoms with Crippen molar-refractivity contribution in [2.45, 2.75) is 38.6 Å². The molecule has 0 amide bonds. The van der Waals surface area contributed by atoms with Gasteiger partial charge < -0.3 is 9.30 Å². The van der Waals surface area contributed by atoms with Crippen LogP contribution in [0.1, 0.15) is 30.1 Å². The average molecular weight is 257 g/mol. The molecule has 3 rings (SSSR count). The largest absolute Gasteiger partial charge is 0.497 e. The Bertz CT molecular complexity index is 545. The van der Waals surface area contributed by atoms with E-state index in [1.807, 2.05) is 12.1 Å². The molecule has 1 aromatic carbocycles. The zero-order valence-corrected chi connectivity index (χ0v) is 11.3. The number of aromatic nitrogens is 3. The first-order valence-electron chi connectivity index (χ1n) is 6.91. The molecule has 100 valence electrons. The molecule has 0 aliphatic carbocycles. The van der Waals surface area contributed by atoms with Gasteiger partial charge in [-0.05, 0) is 37.0 Å². The van der Waals surface area contributed by atoms with Crippen molar-refractivity contribution in [3.8, 4) is 5.75 Å². The molecular formula is C15H19N3O. The van der Waals surface area contributed by atoms with Crippen molar-refractivity contribution >= 4 is 0 Å². The predicted molar refractivity (Wildman–Crippen MR) is 73.4 cm³/mol. The Morgan fingerprint density at radius 1 is 1.11 bits per heavy atom. The van der Waals surface area contributed by atoms with Crippen molar-refractivity contribution in [3.63, 3.8) is 0 Å². The highest BCUT2D eigenvalue weighted by molar-refractivity contribution is 5.27. The van der Waals surface area contributed by atoms with Gasteiger partial charge in [-0.3, -0.25) is 0 Å². The van der Waals surface area contributed by atoms with E-state index in [9.17, 15) is 0 Å². The smallest absolute Gasteiger partial charge is 0.133 e. The minimum atomic E-state index is 0.906. The van der Waals surface area contributed by atoms with Gasteiger partial charge in [0.2, 0.25) is 0 Å². The standard InChI is InChI=1S/C15H19N3O/c1-19-13-8-5-12(6-9-13)7-10-15-17-16-14-4-2-3-11-18(14)15/h5-6,8-9H,2-4,7,10-11H2,1H3. The third-order valence-corrected chi connectivity index (χ3v) is 3.73. The first kappa shape index (κ1) is 12.2. The highest BCUT2D eigenvalue weighted by Gasteiger charge is 2.15. The quantitative estimate of drug-likeness (QED) is 0.844. The van der Waals surface area contributed by atoms with Crippen LogP contribution < -0.4 is 4.74 Å². The van der Waals surface area contributed by atoms with Gasteiger partial charge in [-0.1, -0.05) is 12.1 Å². The van der Waals surface area contributed by atoms with Crippen LogP contribution in [0.2, 0.25) is 0 Å². The maximum atomic E-state index is 5.17. The van der Waals surface area contributed by atoms with E-state index in [1.54, 1.807) is 7.11 Å². The highest BCUT2D eigenvalue weighted by Crippen LogP contribution is 2.17. The first-order valence-corrected chi connectivity index (χ1v) is 6.91. The van der Waals surface area contributed by atoms with Gasteiger partial charge in [-0.15, -0.1) is 10.2 Å². The van der Waals surface area contributed by atoms with Crippen molar-refractivity contribution in [1.29, 1.82) is 0 Å². The first-order chi connectivity index (χ1) is 9.36. The van der Waals surface area contributed by atoms with E-state index < -0.39 is 0 Å². The number of rotatable bonds is 4. The van der Waals surface area contributed by atoms with Crippen LogP contribution in [-0.4, -0.2) is 21.9 Å².